The molecule has 0 bridgehead atoms. The smallest absolute Gasteiger partial charge is 0.302 e. The van der Waals surface area contributed by atoms with Crippen LogP contribution >= 0.6 is 11.9 Å². The van der Waals surface area contributed by atoms with Gasteiger partial charge in [-0.05, 0) is 37.6 Å². The maximum atomic E-state index is 12.5. The van der Waals surface area contributed by atoms with E-state index >= 15 is 0 Å². The maximum Gasteiger partial charge on any atom is 0.302 e. The van der Waals surface area contributed by atoms with Crippen molar-refractivity contribution in [3.05, 3.63) is 41.6 Å². The summed E-state index contributed by atoms with van der Waals surface area (Å²) in [6.07, 6.45) is 0. The molecular weight excluding hydrogens is 364 g/mol. The van der Waals surface area contributed by atoms with Gasteiger partial charge in [0, 0.05) is 43.8 Å². The van der Waals surface area contributed by atoms with E-state index in [1.807, 2.05) is 32.0 Å². The number of phenolic OH excluding ortho intramolecular Hbond substituents is 1. The molecular formula is C19H24N4O3S. The van der Waals surface area contributed by atoms with Gasteiger partial charge in [-0.25, -0.2) is 4.98 Å². The van der Waals surface area contributed by atoms with E-state index in [9.17, 15) is 9.90 Å². The predicted octanol–water partition coefficient (Wildman–Crippen LogP) is 3.41. The zero-order chi connectivity index (χ0) is 19.4. The average Bonchev–Trinajstić information content (AvgIpc) is 2.69. The Bertz CT molecular complexity index is 823. The fourth-order valence-corrected chi connectivity index (χ4v) is 3.59. The molecule has 27 heavy (non-hydrogen) atoms. The summed E-state index contributed by atoms with van der Waals surface area (Å²) in [5.41, 5.74) is 3.42. The number of pyridine rings is 1. The SMILES string of the molecule is COc1nc(C)c(C)cc1NSC(=O)N1CCN(c2ccccc2O)CC1. The molecule has 1 fully saturated rings. The number of nitrogens with one attached hydrogen (secondary N) is 1. The van der Waals surface area contributed by atoms with Crippen LogP contribution in [0.3, 0.4) is 0 Å². The van der Waals surface area contributed by atoms with Gasteiger partial charge in [-0.15, -0.1) is 0 Å². The fraction of sp³-hybridized carbons (Fsp3) is 0.368. The van der Waals surface area contributed by atoms with Crippen LogP contribution in [0, 0.1) is 13.8 Å². The maximum absolute atomic E-state index is 12.5. The van der Waals surface area contributed by atoms with Gasteiger partial charge in [0.2, 0.25) is 5.88 Å². The van der Waals surface area contributed by atoms with E-state index < -0.39 is 0 Å². The molecule has 144 valence electrons. The topological polar surface area (TPSA) is 77.9 Å². The molecule has 1 aromatic carbocycles. The molecule has 1 amide bonds. The molecule has 1 aromatic heterocycles. The summed E-state index contributed by atoms with van der Waals surface area (Å²) in [5, 5.41) is 9.94. The third-order valence-corrected chi connectivity index (χ3v) is 5.39. The Morgan fingerprint density at radius 1 is 1.22 bits per heavy atom. The van der Waals surface area contributed by atoms with Crippen LogP contribution in [0.1, 0.15) is 11.3 Å². The Labute approximate surface area is 163 Å². The van der Waals surface area contributed by atoms with Crippen molar-refractivity contribution in [3.63, 3.8) is 0 Å². The molecule has 0 atom stereocenters. The number of piperazine rings is 1. The van der Waals surface area contributed by atoms with Gasteiger partial charge in [0.1, 0.15) is 11.4 Å². The van der Waals surface area contributed by atoms with Crippen molar-refractivity contribution in [3.8, 4) is 11.6 Å². The number of aryl methyl sites for hydroxylation is 2. The first-order valence-electron chi connectivity index (χ1n) is 8.76. The zero-order valence-corrected chi connectivity index (χ0v) is 16.5. The quantitative estimate of drug-likeness (QED) is 0.777. The second kappa shape index (κ2) is 8.39. The Kier molecular flexibility index (Phi) is 5.95. The van der Waals surface area contributed by atoms with E-state index in [1.54, 1.807) is 24.1 Å². The molecule has 0 unspecified atom stereocenters. The number of amides is 1. The van der Waals surface area contributed by atoms with E-state index in [2.05, 4.69) is 14.6 Å². The van der Waals surface area contributed by atoms with Crippen molar-refractivity contribution in [2.75, 3.05) is 42.9 Å². The van der Waals surface area contributed by atoms with Gasteiger partial charge >= 0.3 is 5.24 Å². The summed E-state index contributed by atoms with van der Waals surface area (Å²) in [4.78, 5) is 20.8. The second-order valence-electron chi connectivity index (χ2n) is 6.38. The number of rotatable bonds is 4. The highest BCUT2D eigenvalue weighted by Crippen LogP contribution is 2.29. The molecule has 0 spiro atoms. The third kappa shape index (κ3) is 4.39. The fourth-order valence-electron chi connectivity index (χ4n) is 2.94. The number of carbonyl (C=O) groups excluding carboxylic acids is 1. The first-order valence-corrected chi connectivity index (χ1v) is 9.58. The van der Waals surface area contributed by atoms with Gasteiger partial charge < -0.3 is 24.4 Å². The predicted molar refractivity (Wildman–Crippen MR) is 109 cm³/mol. The number of methoxy groups -OCH3 is 1. The summed E-state index contributed by atoms with van der Waals surface area (Å²) in [5.74, 6) is 0.741. The number of hydrogen-bond donors (Lipinski definition) is 2. The first-order chi connectivity index (χ1) is 13.0. The Balaban J connectivity index is 1.56. The largest absolute Gasteiger partial charge is 0.506 e. The molecule has 1 aliphatic heterocycles. The van der Waals surface area contributed by atoms with Crippen molar-refractivity contribution < 1.29 is 14.6 Å². The molecule has 1 aliphatic rings. The number of para-hydroxylation sites is 2. The van der Waals surface area contributed by atoms with E-state index in [-0.39, 0.29) is 11.0 Å². The molecule has 2 heterocycles. The van der Waals surface area contributed by atoms with Gasteiger partial charge in [0.15, 0.2) is 0 Å². The molecule has 0 aliphatic carbocycles. The molecule has 8 heteroatoms. The molecule has 1 saturated heterocycles. The molecule has 0 saturated carbocycles. The number of nitrogens with zero attached hydrogens (tertiary/aromatic N) is 3. The molecule has 2 aromatic rings. The first kappa shape index (κ1) is 19.2. The van der Waals surface area contributed by atoms with Crippen LogP contribution in [-0.4, -0.2) is 53.5 Å². The van der Waals surface area contributed by atoms with Gasteiger partial charge in [-0.3, -0.25) is 4.79 Å². The number of carbonyl (C=O) groups is 1. The Morgan fingerprint density at radius 3 is 2.59 bits per heavy atom. The van der Waals surface area contributed by atoms with Crippen LogP contribution in [0.5, 0.6) is 11.6 Å². The lowest BCUT2D eigenvalue weighted by Crippen LogP contribution is -2.47. The number of hydrogen-bond acceptors (Lipinski definition) is 7. The van der Waals surface area contributed by atoms with Crippen LogP contribution in [0.4, 0.5) is 16.2 Å². The molecule has 0 radical (unpaired) electrons. The van der Waals surface area contributed by atoms with E-state index in [0.29, 0.717) is 37.7 Å². The van der Waals surface area contributed by atoms with Gasteiger partial charge in [-0.2, -0.15) is 0 Å². The van der Waals surface area contributed by atoms with Crippen LogP contribution in [0.25, 0.3) is 0 Å². The van der Waals surface area contributed by atoms with Crippen molar-refractivity contribution in [1.82, 2.24) is 9.88 Å². The van der Waals surface area contributed by atoms with Crippen molar-refractivity contribution in [2.24, 2.45) is 0 Å². The minimum Gasteiger partial charge on any atom is -0.506 e. The Hall–Kier alpha value is -2.61. The molecule has 7 nitrogen and oxygen atoms in total. The summed E-state index contributed by atoms with van der Waals surface area (Å²) in [6.45, 7) is 6.45. The highest BCUT2D eigenvalue weighted by molar-refractivity contribution is 8.14. The summed E-state index contributed by atoms with van der Waals surface area (Å²) < 4.78 is 8.36. The second-order valence-corrected chi connectivity index (χ2v) is 7.14. The van der Waals surface area contributed by atoms with E-state index in [4.69, 9.17) is 4.74 Å². The molecule has 3 rings (SSSR count). The third-order valence-electron chi connectivity index (χ3n) is 4.63. The number of aromatic nitrogens is 1. The van der Waals surface area contributed by atoms with Crippen molar-refractivity contribution in [2.45, 2.75) is 13.8 Å². The summed E-state index contributed by atoms with van der Waals surface area (Å²) >= 11 is 1.03. The van der Waals surface area contributed by atoms with Crippen LogP contribution in [0.15, 0.2) is 30.3 Å². The normalized spacial score (nSPS) is 14.2. The van der Waals surface area contributed by atoms with Crippen LogP contribution < -0.4 is 14.4 Å². The monoisotopic (exact) mass is 388 g/mol. The van der Waals surface area contributed by atoms with Crippen LogP contribution in [0.2, 0.25) is 0 Å². The lowest BCUT2D eigenvalue weighted by Gasteiger charge is -2.36. The number of anilines is 2. The van der Waals surface area contributed by atoms with Gasteiger partial charge in [0.05, 0.1) is 12.8 Å². The number of benzene rings is 1. The van der Waals surface area contributed by atoms with Crippen LogP contribution in [-0.2, 0) is 0 Å². The van der Waals surface area contributed by atoms with Gasteiger partial charge in [-0.1, -0.05) is 12.1 Å². The highest BCUT2D eigenvalue weighted by Gasteiger charge is 2.23. The number of aromatic hydroxyl groups is 1. The summed E-state index contributed by atoms with van der Waals surface area (Å²) in [7, 11) is 1.56. The number of phenols is 1. The minimum atomic E-state index is -0.0489. The lowest BCUT2D eigenvalue weighted by atomic mass is 10.2. The van der Waals surface area contributed by atoms with E-state index in [1.165, 1.54) is 0 Å². The summed E-state index contributed by atoms with van der Waals surface area (Å²) in [6, 6.07) is 9.20. The standard InChI is InChI=1S/C19H24N4O3S/c1-13-12-15(18(26-3)20-14(13)2)21-27-19(25)23-10-8-22(9-11-23)16-6-4-5-7-17(16)24/h4-7,12,21,24H,8-11H2,1-3H3. The van der Waals surface area contributed by atoms with Gasteiger partial charge in [0.25, 0.3) is 0 Å². The zero-order valence-electron chi connectivity index (χ0n) is 15.7. The van der Waals surface area contributed by atoms with Crippen molar-refractivity contribution >= 4 is 28.6 Å². The minimum absolute atomic E-state index is 0.0489. The number of ether oxygens (including phenoxy) is 1. The van der Waals surface area contributed by atoms with E-state index in [0.717, 1.165) is 28.9 Å². The Morgan fingerprint density at radius 2 is 1.93 bits per heavy atom. The van der Waals surface area contributed by atoms with Crippen molar-refractivity contribution in [1.29, 1.82) is 0 Å². The lowest BCUT2D eigenvalue weighted by molar-refractivity contribution is 0.219. The highest BCUT2D eigenvalue weighted by atomic mass is 32.2. The average molecular weight is 388 g/mol. The molecule has 2 N–H and O–H groups in total.